The Labute approximate surface area is 205 Å². The van der Waals surface area contributed by atoms with E-state index < -0.39 is 17.5 Å². The molecule has 0 unspecified atom stereocenters. The Morgan fingerprint density at radius 3 is 2.46 bits per heavy atom. The van der Waals surface area contributed by atoms with E-state index in [1.807, 2.05) is 19.2 Å². The molecule has 5 rings (SSSR count). The molecule has 0 radical (unpaired) electrons. The summed E-state index contributed by atoms with van der Waals surface area (Å²) in [5.74, 6) is -2.36. The van der Waals surface area contributed by atoms with E-state index in [4.69, 9.17) is 0 Å². The molecule has 2 atom stereocenters. The van der Waals surface area contributed by atoms with E-state index in [2.05, 4.69) is 15.1 Å². The van der Waals surface area contributed by atoms with Gasteiger partial charge in [-0.2, -0.15) is 0 Å². The van der Waals surface area contributed by atoms with E-state index in [0.29, 0.717) is 51.6 Å². The zero-order valence-electron chi connectivity index (χ0n) is 20.4. The second kappa shape index (κ2) is 9.32. The summed E-state index contributed by atoms with van der Waals surface area (Å²) >= 11 is 0. The standard InChI is InChI=1S/C26H36F2N4O3/c1-30(19-6-8-26(27,28)9-7-19)20-14-21-24(35)29-25(15-23(34)32(21)17-20)10-12-31(13-11-25)16-18-4-2-3-5-22(18)33/h2-5,19-21,33H,6-17H2,1H3,(H,29,35)/t20-,21-/m0/s1. The number of amides is 2. The van der Waals surface area contributed by atoms with Crippen molar-refractivity contribution in [3.8, 4) is 5.75 Å². The van der Waals surface area contributed by atoms with Crippen molar-refractivity contribution >= 4 is 11.8 Å². The first-order chi connectivity index (χ1) is 16.6. The molecule has 0 aromatic heterocycles. The molecule has 35 heavy (non-hydrogen) atoms. The molecule has 3 saturated heterocycles. The number of aromatic hydroxyl groups is 1. The fourth-order valence-corrected chi connectivity index (χ4v) is 6.47. The first-order valence-electron chi connectivity index (χ1n) is 12.9. The fourth-order valence-electron chi connectivity index (χ4n) is 6.47. The molecule has 192 valence electrons. The number of hydrogen-bond donors (Lipinski definition) is 2. The van der Waals surface area contributed by atoms with Gasteiger partial charge < -0.3 is 15.3 Å². The normalized spacial score (nSPS) is 29.3. The van der Waals surface area contributed by atoms with Crippen molar-refractivity contribution in [2.75, 3.05) is 26.7 Å². The van der Waals surface area contributed by atoms with Crippen molar-refractivity contribution in [1.82, 2.24) is 20.0 Å². The Morgan fingerprint density at radius 1 is 1.09 bits per heavy atom. The SMILES string of the molecule is CN(C1CCC(F)(F)CC1)[C@H]1C[C@H]2C(=O)NC3(CCN(Cc4ccccc4O)CC3)CC(=O)N2C1. The summed E-state index contributed by atoms with van der Waals surface area (Å²) < 4.78 is 27.2. The van der Waals surface area contributed by atoms with Gasteiger partial charge in [0.05, 0.1) is 12.0 Å². The number of halogens is 2. The number of nitrogens with zero attached hydrogens (tertiary/aromatic N) is 3. The highest BCUT2D eigenvalue weighted by molar-refractivity contribution is 5.92. The topological polar surface area (TPSA) is 76.1 Å². The quantitative estimate of drug-likeness (QED) is 0.679. The molecule has 9 heteroatoms. The van der Waals surface area contributed by atoms with E-state index in [1.54, 1.807) is 17.0 Å². The van der Waals surface area contributed by atoms with Crippen molar-refractivity contribution in [3.63, 3.8) is 0 Å². The van der Waals surface area contributed by atoms with Crippen LogP contribution in [0.5, 0.6) is 5.75 Å². The number of nitrogens with one attached hydrogen (secondary N) is 1. The van der Waals surface area contributed by atoms with Crippen LogP contribution < -0.4 is 5.32 Å². The molecule has 0 bridgehead atoms. The van der Waals surface area contributed by atoms with Gasteiger partial charge in [0.2, 0.25) is 17.7 Å². The van der Waals surface area contributed by atoms with Gasteiger partial charge in [0.15, 0.2) is 0 Å². The van der Waals surface area contributed by atoms with Crippen LogP contribution in [0.3, 0.4) is 0 Å². The van der Waals surface area contributed by atoms with Gasteiger partial charge in [0, 0.05) is 56.7 Å². The summed E-state index contributed by atoms with van der Waals surface area (Å²) in [6.07, 6.45) is 2.95. The Bertz CT molecular complexity index is 928. The van der Waals surface area contributed by atoms with Gasteiger partial charge in [-0.15, -0.1) is 0 Å². The third kappa shape index (κ3) is 5.03. The minimum absolute atomic E-state index is 0.00795. The van der Waals surface area contributed by atoms with Gasteiger partial charge in [-0.05, 0) is 45.2 Å². The van der Waals surface area contributed by atoms with E-state index in [9.17, 15) is 23.5 Å². The second-order valence-electron chi connectivity index (χ2n) is 11.1. The highest BCUT2D eigenvalue weighted by Gasteiger charge is 2.50. The van der Waals surface area contributed by atoms with Crippen molar-refractivity contribution in [1.29, 1.82) is 0 Å². The predicted molar refractivity (Wildman–Crippen MR) is 127 cm³/mol. The summed E-state index contributed by atoms with van der Waals surface area (Å²) in [4.78, 5) is 32.7. The van der Waals surface area contributed by atoms with Crippen LogP contribution in [0.4, 0.5) is 8.78 Å². The van der Waals surface area contributed by atoms with Crippen LogP contribution in [-0.2, 0) is 16.1 Å². The van der Waals surface area contributed by atoms with E-state index in [-0.39, 0.29) is 42.5 Å². The van der Waals surface area contributed by atoms with E-state index >= 15 is 0 Å². The lowest BCUT2D eigenvalue weighted by Gasteiger charge is -2.41. The van der Waals surface area contributed by atoms with Gasteiger partial charge in [-0.3, -0.25) is 19.4 Å². The lowest BCUT2D eigenvalue weighted by atomic mass is 9.83. The zero-order valence-corrected chi connectivity index (χ0v) is 20.4. The van der Waals surface area contributed by atoms with Crippen molar-refractivity contribution in [2.24, 2.45) is 0 Å². The maximum atomic E-state index is 13.6. The average Bonchev–Trinajstić information content (AvgIpc) is 3.24. The van der Waals surface area contributed by atoms with Gasteiger partial charge in [-0.1, -0.05) is 18.2 Å². The number of likely N-dealkylation sites (tertiary alicyclic amines) is 1. The lowest BCUT2D eigenvalue weighted by molar-refractivity contribution is -0.135. The van der Waals surface area contributed by atoms with Gasteiger partial charge in [0.1, 0.15) is 11.8 Å². The molecule has 3 heterocycles. The molecule has 1 aromatic rings. The summed E-state index contributed by atoms with van der Waals surface area (Å²) in [5.41, 5.74) is 0.353. The summed E-state index contributed by atoms with van der Waals surface area (Å²) in [6, 6.07) is 6.91. The Balaban J connectivity index is 1.19. The number of carbonyl (C=O) groups excluding carboxylic acids is 2. The molecule has 2 amide bonds. The second-order valence-corrected chi connectivity index (χ2v) is 11.1. The lowest BCUT2D eigenvalue weighted by Crippen LogP contribution is -2.56. The highest BCUT2D eigenvalue weighted by Crippen LogP contribution is 2.38. The average molecular weight is 491 g/mol. The van der Waals surface area contributed by atoms with Gasteiger partial charge >= 0.3 is 0 Å². The molecule has 1 aliphatic carbocycles. The Kier molecular flexibility index (Phi) is 6.50. The first kappa shape index (κ1) is 24.4. The molecular formula is C26H36F2N4O3. The number of phenolic OH excluding ortho intramolecular Hbond substituents is 1. The van der Waals surface area contributed by atoms with Gasteiger partial charge in [0.25, 0.3) is 0 Å². The molecule has 1 saturated carbocycles. The number of para-hydroxylation sites is 1. The van der Waals surface area contributed by atoms with Gasteiger partial charge in [-0.25, -0.2) is 8.78 Å². The number of likely N-dealkylation sites (N-methyl/N-ethyl adjacent to an activating group) is 1. The van der Waals surface area contributed by atoms with Crippen molar-refractivity contribution < 1.29 is 23.5 Å². The Morgan fingerprint density at radius 2 is 1.77 bits per heavy atom. The number of piperidine rings is 1. The van der Waals surface area contributed by atoms with Crippen LogP contribution in [0, 0.1) is 0 Å². The highest BCUT2D eigenvalue weighted by atomic mass is 19.3. The van der Waals surface area contributed by atoms with E-state index in [1.165, 1.54) is 0 Å². The number of fused-ring (bicyclic) bond motifs is 1. The zero-order chi connectivity index (χ0) is 24.8. The molecule has 1 spiro atoms. The summed E-state index contributed by atoms with van der Waals surface area (Å²) in [6.45, 7) is 2.60. The molecule has 2 N–H and O–H groups in total. The van der Waals surface area contributed by atoms with Crippen LogP contribution in [0.25, 0.3) is 0 Å². The molecule has 4 fully saturated rings. The molecule has 7 nitrogen and oxygen atoms in total. The summed E-state index contributed by atoms with van der Waals surface area (Å²) in [5, 5.41) is 13.3. The number of hydrogen-bond acceptors (Lipinski definition) is 5. The smallest absolute Gasteiger partial charge is 0.248 e. The number of rotatable bonds is 4. The van der Waals surface area contributed by atoms with E-state index in [0.717, 1.165) is 18.7 Å². The third-order valence-electron chi connectivity index (χ3n) is 8.82. The molecule has 3 aliphatic heterocycles. The maximum Gasteiger partial charge on any atom is 0.248 e. The number of phenols is 1. The molecule has 4 aliphatic rings. The number of alkyl halides is 2. The monoisotopic (exact) mass is 490 g/mol. The van der Waals surface area contributed by atoms with Crippen molar-refractivity contribution in [2.45, 2.75) is 87.5 Å². The minimum atomic E-state index is -2.57. The summed E-state index contributed by atoms with van der Waals surface area (Å²) in [7, 11) is 1.95. The van der Waals surface area contributed by atoms with Crippen LogP contribution in [0.2, 0.25) is 0 Å². The van der Waals surface area contributed by atoms with Crippen molar-refractivity contribution in [3.05, 3.63) is 29.8 Å². The minimum Gasteiger partial charge on any atom is -0.508 e. The maximum absolute atomic E-state index is 13.6. The van der Waals surface area contributed by atoms with Crippen LogP contribution in [0.1, 0.15) is 56.9 Å². The van der Waals surface area contributed by atoms with Crippen LogP contribution in [-0.4, -0.2) is 87.9 Å². The molecular weight excluding hydrogens is 454 g/mol. The predicted octanol–water partition coefficient (Wildman–Crippen LogP) is 2.73. The van der Waals surface area contributed by atoms with Crippen LogP contribution in [0.15, 0.2) is 24.3 Å². The van der Waals surface area contributed by atoms with Crippen LogP contribution >= 0.6 is 0 Å². The number of carbonyl (C=O) groups is 2. The molecule has 1 aromatic carbocycles. The largest absolute Gasteiger partial charge is 0.508 e. The first-order valence-corrected chi connectivity index (χ1v) is 12.9. The number of benzene rings is 1. The third-order valence-corrected chi connectivity index (χ3v) is 8.82. The Hall–Kier alpha value is -2.26. The fraction of sp³-hybridized carbons (Fsp3) is 0.692.